The quantitative estimate of drug-likeness (QED) is 0.655. The Balaban J connectivity index is 1.77. The van der Waals surface area contributed by atoms with Gasteiger partial charge in [-0.3, -0.25) is 0 Å². The first-order chi connectivity index (χ1) is 10.6. The van der Waals surface area contributed by atoms with Gasteiger partial charge in [-0.15, -0.1) is 10.2 Å². The van der Waals surface area contributed by atoms with Crippen molar-refractivity contribution in [3.63, 3.8) is 0 Å². The third-order valence-corrected chi connectivity index (χ3v) is 4.53. The van der Waals surface area contributed by atoms with E-state index in [9.17, 15) is 4.39 Å². The van der Waals surface area contributed by atoms with Crippen molar-refractivity contribution in [1.82, 2.24) is 14.8 Å². The minimum Gasteiger partial charge on any atom is -0.305 e. The van der Waals surface area contributed by atoms with E-state index in [2.05, 4.69) is 10.2 Å². The zero-order valence-corrected chi connectivity index (χ0v) is 13.4. The summed E-state index contributed by atoms with van der Waals surface area (Å²) in [5.74, 6) is 1.25. The van der Waals surface area contributed by atoms with Crippen LogP contribution in [-0.4, -0.2) is 14.8 Å². The highest BCUT2D eigenvalue weighted by molar-refractivity contribution is 7.98. The monoisotopic (exact) mass is 333 g/mol. The number of halogens is 2. The minimum atomic E-state index is -0.226. The molecule has 1 heterocycles. The smallest absolute Gasteiger partial charge is 0.191 e. The van der Waals surface area contributed by atoms with E-state index < -0.39 is 0 Å². The minimum absolute atomic E-state index is 0.226. The lowest BCUT2D eigenvalue weighted by atomic mass is 10.2. The molecule has 0 radical (unpaired) electrons. The summed E-state index contributed by atoms with van der Waals surface area (Å²) in [6.07, 6.45) is 0. The summed E-state index contributed by atoms with van der Waals surface area (Å²) in [7, 11) is 1.92. The van der Waals surface area contributed by atoms with Crippen molar-refractivity contribution < 1.29 is 4.39 Å². The van der Waals surface area contributed by atoms with E-state index in [4.69, 9.17) is 11.6 Å². The summed E-state index contributed by atoms with van der Waals surface area (Å²) < 4.78 is 14.8. The molecule has 0 bridgehead atoms. The largest absolute Gasteiger partial charge is 0.305 e. The predicted molar refractivity (Wildman–Crippen MR) is 87.4 cm³/mol. The lowest BCUT2D eigenvalue weighted by molar-refractivity contribution is 0.627. The van der Waals surface area contributed by atoms with Crippen molar-refractivity contribution in [2.75, 3.05) is 0 Å². The molecule has 3 aromatic rings. The predicted octanol–water partition coefficient (Wildman–Crippen LogP) is 4.57. The van der Waals surface area contributed by atoms with Crippen LogP contribution < -0.4 is 0 Å². The lowest BCUT2D eigenvalue weighted by Crippen LogP contribution is -1.95. The summed E-state index contributed by atoms with van der Waals surface area (Å²) in [5, 5.41) is 9.91. The Morgan fingerprint density at radius 3 is 2.64 bits per heavy atom. The SMILES string of the molecule is Cn1c(SCc2ccc(F)cc2)nnc1-c1cccc(Cl)c1. The zero-order chi connectivity index (χ0) is 15.5. The summed E-state index contributed by atoms with van der Waals surface area (Å²) >= 11 is 7.57. The Morgan fingerprint density at radius 1 is 1.14 bits per heavy atom. The van der Waals surface area contributed by atoms with Crippen LogP contribution in [-0.2, 0) is 12.8 Å². The maximum atomic E-state index is 12.9. The topological polar surface area (TPSA) is 30.7 Å². The van der Waals surface area contributed by atoms with E-state index in [-0.39, 0.29) is 5.82 Å². The van der Waals surface area contributed by atoms with E-state index >= 15 is 0 Å². The summed E-state index contributed by atoms with van der Waals surface area (Å²) in [6.45, 7) is 0. The number of aromatic nitrogens is 3. The first-order valence-electron chi connectivity index (χ1n) is 6.66. The molecule has 112 valence electrons. The van der Waals surface area contributed by atoms with E-state index in [0.29, 0.717) is 10.8 Å². The standard InChI is InChI=1S/C16H13ClFN3S/c1-21-15(12-3-2-4-13(17)9-12)19-20-16(21)22-10-11-5-7-14(18)8-6-11/h2-9H,10H2,1H3. The molecular formula is C16H13ClFN3S. The summed E-state index contributed by atoms with van der Waals surface area (Å²) in [4.78, 5) is 0. The van der Waals surface area contributed by atoms with Gasteiger partial charge in [0.15, 0.2) is 11.0 Å². The molecule has 0 amide bonds. The summed E-state index contributed by atoms with van der Waals surface area (Å²) in [6, 6.07) is 14.0. The van der Waals surface area contributed by atoms with Gasteiger partial charge in [0, 0.05) is 23.4 Å². The third kappa shape index (κ3) is 3.31. The van der Waals surface area contributed by atoms with Crippen LogP contribution in [0.3, 0.4) is 0 Å². The van der Waals surface area contributed by atoms with Crippen molar-refractivity contribution in [3.8, 4) is 11.4 Å². The fraction of sp³-hybridized carbons (Fsp3) is 0.125. The highest BCUT2D eigenvalue weighted by Crippen LogP contribution is 2.26. The average molecular weight is 334 g/mol. The summed E-state index contributed by atoms with van der Waals surface area (Å²) in [5.41, 5.74) is 1.97. The highest BCUT2D eigenvalue weighted by atomic mass is 35.5. The van der Waals surface area contributed by atoms with Gasteiger partial charge in [-0.25, -0.2) is 4.39 Å². The van der Waals surface area contributed by atoms with Crippen LogP contribution in [0.5, 0.6) is 0 Å². The molecule has 2 aromatic carbocycles. The Bertz CT molecular complexity index is 786. The van der Waals surface area contributed by atoms with Gasteiger partial charge in [0.25, 0.3) is 0 Å². The van der Waals surface area contributed by atoms with Crippen molar-refractivity contribution in [3.05, 3.63) is 64.9 Å². The van der Waals surface area contributed by atoms with Crippen LogP contribution in [0, 0.1) is 5.82 Å². The zero-order valence-electron chi connectivity index (χ0n) is 11.8. The van der Waals surface area contributed by atoms with Gasteiger partial charge in [0.1, 0.15) is 5.82 Å². The van der Waals surface area contributed by atoms with Gasteiger partial charge in [-0.2, -0.15) is 0 Å². The average Bonchev–Trinajstić information content (AvgIpc) is 2.88. The molecule has 0 aliphatic rings. The van der Waals surface area contributed by atoms with Gasteiger partial charge < -0.3 is 4.57 Å². The van der Waals surface area contributed by atoms with E-state index in [1.807, 2.05) is 35.9 Å². The molecular weight excluding hydrogens is 321 g/mol. The molecule has 3 rings (SSSR count). The maximum absolute atomic E-state index is 12.9. The van der Waals surface area contributed by atoms with Gasteiger partial charge in [-0.05, 0) is 29.8 Å². The molecule has 0 fully saturated rings. The fourth-order valence-corrected chi connectivity index (χ4v) is 3.11. The number of hydrogen-bond acceptors (Lipinski definition) is 3. The van der Waals surface area contributed by atoms with Crippen LogP contribution in [0.15, 0.2) is 53.7 Å². The Hall–Kier alpha value is -1.85. The van der Waals surface area contributed by atoms with E-state index in [1.54, 1.807) is 23.9 Å². The van der Waals surface area contributed by atoms with Crippen LogP contribution in [0.25, 0.3) is 11.4 Å². The number of hydrogen-bond donors (Lipinski definition) is 0. The van der Waals surface area contributed by atoms with Gasteiger partial charge >= 0.3 is 0 Å². The van der Waals surface area contributed by atoms with Gasteiger partial charge in [0.2, 0.25) is 0 Å². The normalized spacial score (nSPS) is 10.9. The molecule has 0 saturated heterocycles. The van der Waals surface area contributed by atoms with E-state index in [1.165, 1.54) is 12.1 Å². The second-order valence-electron chi connectivity index (χ2n) is 4.79. The molecule has 22 heavy (non-hydrogen) atoms. The Morgan fingerprint density at radius 2 is 1.91 bits per heavy atom. The second-order valence-corrected chi connectivity index (χ2v) is 6.17. The first-order valence-corrected chi connectivity index (χ1v) is 8.02. The molecule has 0 atom stereocenters. The molecule has 0 aliphatic carbocycles. The molecule has 3 nitrogen and oxygen atoms in total. The van der Waals surface area contributed by atoms with Crippen molar-refractivity contribution >= 4 is 23.4 Å². The first kappa shape index (κ1) is 15.1. The Labute approximate surface area is 137 Å². The Kier molecular flexibility index (Phi) is 4.45. The van der Waals surface area contributed by atoms with Crippen LogP contribution in [0.4, 0.5) is 4.39 Å². The molecule has 0 saturated carbocycles. The molecule has 0 N–H and O–H groups in total. The number of benzene rings is 2. The van der Waals surface area contributed by atoms with Crippen molar-refractivity contribution in [2.24, 2.45) is 7.05 Å². The third-order valence-electron chi connectivity index (χ3n) is 3.20. The molecule has 6 heteroatoms. The van der Waals surface area contributed by atoms with Crippen LogP contribution >= 0.6 is 23.4 Å². The van der Waals surface area contributed by atoms with Crippen molar-refractivity contribution in [2.45, 2.75) is 10.9 Å². The highest BCUT2D eigenvalue weighted by Gasteiger charge is 2.11. The van der Waals surface area contributed by atoms with Gasteiger partial charge in [-0.1, -0.05) is 47.6 Å². The van der Waals surface area contributed by atoms with Crippen molar-refractivity contribution in [1.29, 1.82) is 0 Å². The maximum Gasteiger partial charge on any atom is 0.191 e. The van der Waals surface area contributed by atoms with Crippen LogP contribution in [0.2, 0.25) is 5.02 Å². The molecule has 0 unspecified atom stereocenters. The number of nitrogens with zero attached hydrogens (tertiary/aromatic N) is 3. The number of thioether (sulfide) groups is 1. The lowest BCUT2D eigenvalue weighted by Gasteiger charge is -2.04. The molecule has 0 aliphatic heterocycles. The molecule has 1 aromatic heterocycles. The second kappa shape index (κ2) is 6.50. The molecule has 0 spiro atoms. The van der Waals surface area contributed by atoms with E-state index in [0.717, 1.165) is 22.1 Å². The number of rotatable bonds is 4. The fourth-order valence-electron chi connectivity index (χ4n) is 2.05. The van der Waals surface area contributed by atoms with Gasteiger partial charge in [0.05, 0.1) is 0 Å². The van der Waals surface area contributed by atoms with Crippen LogP contribution in [0.1, 0.15) is 5.56 Å².